The molecule has 0 aliphatic carbocycles. The molecular formula is C17H19NO. The molecule has 2 aromatic carbocycles. The average Bonchev–Trinajstić information content (AvgIpc) is 2.50. The minimum Gasteiger partial charge on any atom is -0.488 e. The van der Waals surface area contributed by atoms with Crippen LogP contribution in [0.4, 0.5) is 0 Å². The Kier molecular flexibility index (Phi) is 3.80. The molecule has 1 fully saturated rings. The fraction of sp³-hybridized carbons (Fsp3) is 0.294. The summed E-state index contributed by atoms with van der Waals surface area (Å²) in [6, 6.07) is 21.0. The van der Waals surface area contributed by atoms with Gasteiger partial charge < -0.3 is 10.1 Å². The van der Waals surface area contributed by atoms with Crippen molar-refractivity contribution in [3.63, 3.8) is 0 Å². The molecule has 1 heterocycles. The van der Waals surface area contributed by atoms with Crippen LogP contribution < -0.4 is 10.1 Å². The summed E-state index contributed by atoms with van der Waals surface area (Å²) < 4.78 is 6.16. The third-order valence-corrected chi connectivity index (χ3v) is 3.59. The molecule has 1 saturated heterocycles. The molecule has 19 heavy (non-hydrogen) atoms. The van der Waals surface area contributed by atoms with Crippen LogP contribution in [0.1, 0.15) is 24.4 Å². The third kappa shape index (κ3) is 2.96. The van der Waals surface area contributed by atoms with E-state index in [0.717, 1.165) is 18.7 Å². The Bertz CT molecular complexity index is 497. The molecule has 2 heteroatoms. The molecule has 98 valence electrons. The summed E-state index contributed by atoms with van der Waals surface area (Å²) in [5.41, 5.74) is 1.31. The van der Waals surface area contributed by atoms with Crippen LogP contribution in [0.2, 0.25) is 0 Å². The molecule has 2 nitrogen and oxygen atoms in total. The van der Waals surface area contributed by atoms with Crippen molar-refractivity contribution in [3.05, 3.63) is 66.2 Å². The summed E-state index contributed by atoms with van der Waals surface area (Å²) in [5, 5.41) is 3.58. The maximum atomic E-state index is 6.16. The predicted octanol–water partition coefficient (Wildman–Crippen LogP) is 3.56. The summed E-state index contributed by atoms with van der Waals surface area (Å²) in [7, 11) is 0. The maximum absolute atomic E-state index is 6.16. The lowest BCUT2D eigenvalue weighted by atomic mass is 9.94. The van der Waals surface area contributed by atoms with E-state index in [1.165, 1.54) is 12.0 Å². The first-order valence-corrected chi connectivity index (χ1v) is 6.93. The van der Waals surface area contributed by atoms with Gasteiger partial charge in [0.25, 0.3) is 0 Å². The first kappa shape index (κ1) is 12.2. The van der Waals surface area contributed by atoms with Gasteiger partial charge in [-0.25, -0.2) is 0 Å². The van der Waals surface area contributed by atoms with Crippen LogP contribution in [-0.2, 0) is 0 Å². The highest BCUT2D eigenvalue weighted by Gasteiger charge is 2.27. The topological polar surface area (TPSA) is 21.3 Å². The monoisotopic (exact) mass is 253 g/mol. The van der Waals surface area contributed by atoms with Crippen molar-refractivity contribution in [2.24, 2.45) is 0 Å². The lowest BCUT2D eigenvalue weighted by Crippen LogP contribution is -2.40. The fourth-order valence-electron chi connectivity index (χ4n) is 2.65. The zero-order valence-electron chi connectivity index (χ0n) is 11.0. The number of ether oxygens (including phenoxy) is 1. The van der Waals surface area contributed by atoms with Gasteiger partial charge in [0.2, 0.25) is 0 Å². The molecule has 0 saturated carbocycles. The van der Waals surface area contributed by atoms with Crippen molar-refractivity contribution in [1.82, 2.24) is 5.32 Å². The van der Waals surface area contributed by atoms with Crippen LogP contribution in [0.15, 0.2) is 60.7 Å². The van der Waals surface area contributed by atoms with Gasteiger partial charge in [-0.1, -0.05) is 48.5 Å². The van der Waals surface area contributed by atoms with Gasteiger partial charge in [-0.15, -0.1) is 0 Å². The summed E-state index contributed by atoms with van der Waals surface area (Å²) >= 11 is 0. The minimum absolute atomic E-state index is 0.207. The van der Waals surface area contributed by atoms with Crippen molar-refractivity contribution >= 4 is 0 Å². The molecule has 0 spiro atoms. The second-order valence-corrected chi connectivity index (χ2v) is 4.95. The zero-order chi connectivity index (χ0) is 12.9. The fourth-order valence-corrected chi connectivity index (χ4v) is 2.65. The van der Waals surface area contributed by atoms with Crippen molar-refractivity contribution in [3.8, 4) is 5.75 Å². The van der Waals surface area contributed by atoms with Gasteiger partial charge in [-0.3, -0.25) is 0 Å². The molecule has 0 bridgehead atoms. The normalized spacial score (nSPS) is 22.9. The Balaban J connectivity index is 1.78. The van der Waals surface area contributed by atoms with E-state index in [9.17, 15) is 0 Å². The van der Waals surface area contributed by atoms with Crippen molar-refractivity contribution < 1.29 is 4.74 Å². The predicted molar refractivity (Wildman–Crippen MR) is 77.3 cm³/mol. The highest BCUT2D eigenvalue weighted by molar-refractivity contribution is 5.24. The second kappa shape index (κ2) is 5.89. The Morgan fingerprint density at radius 3 is 2.32 bits per heavy atom. The number of benzene rings is 2. The van der Waals surface area contributed by atoms with Crippen LogP contribution in [-0.4, -0.2) is 12.6 Å². The Morgan fingerprint density at radius 2 is 1.58 bits per heavy atom. The van der Waals surface area contributed by atoms with E-state index >= 15 is 0 Å². The molecule has 1 N–H and O–H groups in total. The molecular weight excluding hydrogens is 234 g/mol. The SMILES string of the molecule is c1ccc(O[C@@H]2CCCN[C@H]2c2ccccc2)cc1. The molecule has 0 amide bonds. The lowest BCUT2D eigenvalue weighted by molar-refractivity contribution is 0.120. The minimum atomic E-state index is 0.207. The summed E-state index contributed by atoms with van der Waals surface area (Å²) in [5.74, 6) is 0.956. The quantitative estimate of drug-likeness (QED) is 0.903. The van der Waals surface area contributed by atoms with Gasteiger partial charge >= 0.3 is 0 Å². The standard InChI is InChI=1S/C17H19NO/c1-3-8-14(9-4-1)17-16(12-7-13-18-17)19-15-10-5-2-6-11-15/h1-6,8-11,16-18H,7,12-13H2/t16-,17+/m1/s1. The number of rotatable bonds is 3. The molecule has 1 aliphatic heterocycles. The summed E-state index contributed by atoms with van der Waals surface area (Å²) in [6.07, 6.45) is 2.47. The number of hydrogen-bond donors (Lipinski definition) is 1. The van der Waals surface area contributed by atoms with E-state index in [2.05, 4.69) is 35.6 Å². The van der Waals surface area contributed by atoms with Crippen molar-refractivity contribution in [2.45, 2.75) is 25.0 Å². The third-order valence-electron chi connectivity index (χ3n) is 3.59. The summed E-state index contributed by atoms with van der Waals surface area (Å²) in [4.78, 5) is 0. The van der Waals surface area contributed by atoms with Crippen LogP contribution in [0.25, 0.3) is 0 Å². The highest BCUT2D eigenvalue weighted by Crippen LogP contribution is 2.27. The first-order chi connectivity index (χ1) is 9.43. The largest absolute Gasteiger partial charge is 0.488 e. The average molecular weight is 253 g/mol. The van der Waals surface area contributed by atoms with Gasteiger partial charge in [0, 0.05) is 0 Å². The molecule has 3 rings (SSSR count). The molecule has 0 radical (unpaired) electrons. The lowest BCUT2D eigenvalue weighted by Gasteiger charge is -2.33. The summed E-state index contributed by atoms with van der Waals surface area (Å²) in [6.45, 7) is 1.06. The van der Waals surface area contributed by atoms with Crippen LogP contribution >= 0.6 is 0 Å². The Morgan fingerprint density at radius 1 is 0.895 bits per heavy atom. The van der Waals surface area contributed by atoms with E-state index in [1.54, 1.807) is 0 Å². The van der Waals surface area contributed by atoms with Crippen LogP contribution in [0.5, 0.6) is 5.75 Å². The Labute approximate surface area is 114 Å². The van der Waals surface area contributed by atoms with E-state index in [0.29, 0.717) is 0 Å². The number of hydrogen-bond acceptors (Lipinski definition) is 2. The van der Waals surface area contributed by atoms with E-state index in [-0.39, 0.29) is 12.1 Å². The van der Waals surface area contributed by atoms with E-state index in [4.69, 9.17) is 4.74 Å². The van der Waals surface area contributed by atoms with Crippen molar-refractivity contribution in [2.75, 3.05) is 6.54 Å². The molecule has 0 unspecified atom stereocenters. The molecule has 2 atom stereocenters. The van der Waals surface area contributed by atoms with E-state index < -0.39 is 0 Å². The highest BCUT2D eigenvalue weighted by atomic mass is 16.5. The number of nitrogens with one attached hydrogen (secondary N) is 1. The van der Waals surface area contributed by atoms with E-state index in [1.807, 2.05) is 30.3 Å². The van der Waals surface area contributed by atoms with Gasteiger partial charge in [-0.2, -0.15) is 0 Å². The molecule has 1 aliphatic rings. The van der Waals surface area contributed by atoms with Gasteiger partial charge in [0.15, 0.2) is 0 Å². The van der Waals surface area contributed by atoms with Crippen molar-refractivity contribution in [1.29, 1.82) is 0 Å². The molecule has 2 aromatic rings. The van der Waals surface area contributed by atoms with Gasteiger partial charge in [0.1, 0.15) is 11.9 Å². The first-order valence-electron chi connectivity index (χ1n) is 6.93. The number of para-hydroxylation sites is 1. The Hall–Kier alpha value is -1.80. The maximum Gasteiger partial charge on any atom is 0.119 e. The van der Waals surface area contributed by atoms with Crippen LogP contribution in [0, 0.1) is 0 Å². The second-order valence-electron chi connectivity index (χ2n) is 4.95. The molecule has 0 aromatic heterocycles. The van der Waals surface area contributed by atoms with Gasteiger partial charge in [0.05, 0.1) is 6.04 Å². The smallest absolute Gasteiger partial charge is 0.119 e. The van der Waals surface area contributed by atoms with Gasteiger partial charge in [-0.05, 0) is 37.1 Å². The van der Waals surface area contributed by atoms with Crippen LogP contribution in [0.3, 0.4) is 0 Å². The zero-order valence-corrected chi connectivity index (χ0v) is 11.0. The number of piperidine rings is 1.